The maximum atomic E-state index is 11.1. The van der Waals surface area contributed by atoms with Crippen LogP contribution in [-0.4, -0.2) is 9.78 Å². The van der Waals surface area contributed by atoms with E-state index in [4.69, 9.17) is 23.2 Å². The first-order valence-electron chi connectivity index (χ1n) is 4.88. The van der Waals surface area contributed by atoms with Gasteiger partial charge in [-0.05, 0) is 18.2 Å². The minimum absolute atomic E-state index is 0.0905. The monoisotopic (exact) mass is 288 g/mol. The third kappa shape index (κ3) is 3.31. The molecule has 0 radical (unpaired) electrons. The molecule has 0 fully saturated rings. The number of nitrogens with one attached hydrogen (secondary N) is 1. The number of thioether (sulfide) groups is 1. The Balaban J connectivity index is 2.12. The van der Waals surface area contributed by atoms with Crippen molar-refractivity contribution in [2.24, 2.45) is 7.05 Å². The molecule has 6 heteroatoms. The van der Waals surface area contributed by atoms with E-state index >= 15 is 0 Å². The van der Waals surface area contributed by atoms with Gasteiger partial charge in [0.1, 0.15) is 0 Å². The van der Waals surface area contributed by atoms with Gasteiger partial charge in [-0.3, -0.25) is 14.6 Å². The summed E-state index contributed by atoms with van der Waals surface area (Å²) >= 11 is 13.4. The Morgan fingerprint density at radius 1 is 1.24 bits per heavy atom. The number of H-pyrrole nitrogens is 1. The summed E-state index contributed by atoms with van der Waals surface area (Å²) in [5.41, 5.74) is 0.836. The molecule has 1 N–H and O–H groups in total. The van der Waals surface area contributed by atoms with Crippen LogP contribution in [0.4, 0.5) is 0 Å². The fourth-order valence-corrected chi connectivity index (χ4v) is 3.09. The highest BCUT2D eigenvalue weighted by molar-refractivity contribution is 7.98. The van der Waals surface area contributed by atoms with E-state index in [2.05, 4.69) is 5.10 Å². The van der Waals surface area contributed by atoms with Crippen LogP contribution in [0, 0.1) is 0 Å². The zero-order valence-electron chi connectivity index (χ0n) is 9.04. The smallest absolute Gasteiger partial charge is 0.264 e. The molecule has 90 valence electrons. The predicted octanol–water partition coefficient (Wildman–Crippen LogP) is 3.31. The third-order valence-electron chi connectivity index (χ3n) is 2.23. The highest BCUT2D eigenvalue weighted by atomic mass is 35.5. The van der Waals surface area contributed by atoms with Gasteiger partial charge in [0.25, 0.3) is 5.56 Å². The second-order valence-corrected chi connectivity index (χ2v) is 5.49. The molecular weight excluding hydrogens is 279 g/mol. The number of benzene rings is 1. The largest absolute Gasteiger partial charge is 0.291 e. The Bertz CT molecular complexity index is 571. The van der Waals surface area contributed by atoms with E-state index in [0.717, 1.165) is 10.6 Å². The number of hydrogen-bond donors (Lipinski definition) is 1. The third-order valence-corrected chi connectivity index (χ3v) is 3.67. The van der Waals surface area contributed by atoms with Gasteiger partial charge in [-0.25, -0.2) is 0 Å². The number of hydrogen-bond acceptors (Lipinski definition) is 2. The molecule has 1 aromatic carbocycles. The normalized spacial score (nSPS) is 10.8. The SMILES string of the molecule is Cn1[nH]c(=O)cc1CSc1cc(Cl)cc(Cl)c1. The molecule has 0 saturated carbocycles. The van der Waals surface area contributed by atoms with Crippen LogP contribution in [0.1, 0.15) is 5.69 Å². The Morgan fingerprint density at radius 2 is 1.88 bits per heavy atom. The van der Waals surface area contributed by atoms with Gasteiger partial charge in [0.2, 0.25) is 0 Å². The maximum Gasteiger partial charge on any atom is 0.264 e. The first kappa shape index (κ1) is 12.6. The molecule has 0 amide bonds. The fraction of sp³-hybridized carbons (Fsp3) is 0.182. The average molecular weight is 289 g/mol. The first-order valence-corrected chi connectivity index (χ1v) is 6.62. The minimum atomic E-state index is -0.0905. The molecule has 2 aromatic rings. The molecule has 0 aliphatic carbocycles. The lowest BCUT2D eigenvalue weighted by Crippen LogP contribution is -2.01. The van der Waals surface area contributed by atoms with Gasteiger partial charge in [-0.15, -0.1) is 11.8 Å². The molecule has 0 bridgehead atoms. The minimum Gasteiger partial charge on any atom is -0.291 e. The molecule has 0 spiro atoms. The van der Waals surface area contributed by atoms with Crippen molar-refractivity contribution in [3.05, 3.63) is 50.4 Å². The second-order valence-electron chi connectivity index (χ2n) is 3.56. The maximum absolute atomic E-state index is 11.1. The van der Waals surface area contributed by atoms with Crippen LogP contribution >= 0.6 is 35.0 Å². The van der Waals surface area contributed by atoms with Crippen LogP contribution in [0.15, 0.2) is 34.0 Å². The summed E-state index contributed by atoms with van der Waals surface area (Å²) in [6.07, 6.45) is 0. The van der Waals surface area contributed by atoms with Crippen LogP contribution in [-0.2, 0) is 12.8 Å². The van der Waals surface area contributed by atoms with Gasteiger partial charge in [-0.2, -0.15) is 0 Å². The summed E-state index contributed by atoms with van der Waals surface area (Å²) in [4.78, 5) is 12.1. The van der Waals surface area contributed by atoms with Gasteiger partial charge >= 0.3 is 0 Å². The zero-order valence-corrected chi connectivity index (χ0v) is 11.4. The van der Waals surface area contributed by atoms with Crippen molar-refractivity contribution in [2.75, 3.05) is 0 Å². The molecule has 2 rings (SSSR count). The Labute approximate surface area is 113 Å². The number of rotatable bonds is 3. The number of aromatic amines is 1. The van der Waals surface area contributed by atoms with Crippen molar-refractivity contribution >= 4 is 35.0 Å². The summed E-state index contributed by atoms with van der Waals surface area (Å²) < 4.78 is 1.71. The van der Waals surface area contributed by atoms with Gasteiger partial charge in [0.15, 0.2) is 0 Å². The second kappa shape index (κ2) is 5.21. The van der Waals surface area contributed by atoms with Crippen molar-refractivity contribution in [2.45, 2.75) is 10.6 Å². The van der Waals surface area contributed by atoms with Crippen LogP contribution < -0.4 is 5.56 Å². The van der Waals surface area contributed by atoms with Crippen LogP contribution in [0.5, 0.6) is 0 Å². The summed E-state index contributed by atoms with van der Waals surface area (Å²) in [6.45, 7) is 0. The van der Waals surface area contributed by atoms with Gasteiger partial charge in [-0.1, -0.05) is 23.2 Å². The summed E-state index contributed by atoms with van der Waals surface area (Å²) in [5, 5.41) is 3.89. The topological polar surface area (TPSA) is 37.8 Å². The molecule has 0 atom stereocenters. The van der Waals surface area contributed by atoms with Crippen molar-refractivity contribution < 1.29 is 0 Å². The Hall–Kier alpha value is -0.840. The Kier molecular flexibility index (Phi) is 3.86. The fourth-order valence-electron chi connectivity index (χ4n) is 1.43. The summed E-state index contributed by atoms with van der Waals surface area (Å²) in [5.74, 6) is 0.686. The van der Waals surface area contributed by atoms with E-state index < -0.39 is 0 Å². The lowest BCUT2D eigenvalue weighted by molar-refractivity contribution is 0.727. The van der Waals surface area contributed by atoms with E-state index in [1.54, 1.807) is 28.6 Å². The molecule has 3 nitrogen and oxygen atoms in total. The van der Waals surface area contributed by atoms with Gasteiger partial charge < -0.3 is 0 Å². The van der Waals surface area contributed by atoms with Crippen LogP contribution in [0.2, 0.25) is 10.0 Å². The van der Waals surface area contributed by atoms with Crippen LogP contribution in [0.25, 0.3) is 0 Å². The standard InChI is InChI=1S/C11H10Cl2N2OS/c1-15-9(5-11(16)14-15)6-17-10-3-7(12)2-8(13)4-10/h2-5H,6H2,1H3,(H,14,16). The number of halogens is 2. The van der Waals surface area contributed by atoms with Crippen LogP contribution in [0.3, 0.4) is 0 Å². The lowest BCUT2D eigenvalue weighted by Gasteiger charge is -2.04. The van der Waals surface area contributed by atoms with Crippen molar-refractivity contribution in [1.82, 2.24) is 9.78 Å². The molecule has 0 aliphatic rings. The molecule has 0 unspecified atom stereocenters. The van der Waals surface area contributed by atoms with Crippen molar-refractivity contribution in [3.63, 3.8) is 0 Å². The highest BCUT2D eigenvalue weighted by Gasteiger charge is 2.04. The number of nitrogens with zero attached hydrogens (tertiary/aromatic N) is 1. The van der Waals surface area contributed by atoms with E-state index in [0.29, 0.717) is 15.8 Å². The van der Waals surface area contributed by atoms with Gasteiger partial charge in [0, 0.05) is 33.8 Å². The van der Waals surface area contributed by atoms with Crippen molar-refractivity contribution in [1.29, 1.82) is 0 Å². The van der Waals surface area contributed by atoms with E-state index in [-0.39, 0.29) is 5.56 Å². The number of aryl methyl sites for hydroxylation is 1. The average Bonchev–Trinajstić information content (AvgIpc) is 2.53. The first-order chi connectivity index (χ1) is 8.04. The highest BCUT2D eigenvalue weighted by Crippen LogP contribution is 2.28. The van der Waals surface area contributed by atoms with Crippen molar-refractivity contribution in [3.8, 4) is 0 Å². The molecular formula is C11H10Cl2N2OS. The molecule has 17 heavy (non-hydrogen) atoms. The molecule has 1 heterocycles. The molecule has 1 aromatic heterocycles. The molecule has 0 saturated heterocycles. The lowest BCUT2D eigenvalue weighted by atomic mass is 10.4. The Morgan fingerprint density at radius 3 is 2.41 bits per heavy atom. The zero-order chi connectivity index (χ0) is 12.4. The number of aromatic nitrogens is 2. The quantitative estimate of drug-likeness (QED) is 0.880. The van der Waals surface area contributed by atoms with E-state index in [1.165, 1.54) is 0 Å². The predicted molar refractivity (Wildman–Crippen MR) is 72.1 cm³/mol. The summed E-state index contributed by atoms with van der Waals surface area (Å²) in [6, 6.07) is 6.98. The van der Waals surface area contributed by atoms with Gasteiger partial charge in [0.05, 0.1) is 5.69 Å². The molecule has 0 aliphatic heterocycles. The van der Waals surface area contributed by atoms with E-state index in [9.17, 15) is 4.79 Å². The van der Waals surface area contributed by atoms with E-state index in [1.807, 2.05) is 19.2 Å². The summed E-state index contributed by atoms with van der Waals surface area (Å²) in [7, 11) is 1.81.